The lowest BCUT2D eigenvalue weighted by Crippen LogP contribution is -2.17. The van der Waals surface area contributed by atoms with Gasteiger partial charge in [0.2, 0.25) is 0 Å². The Morgan fingerprint density at radius 1 is 1.47 bits per heavy atom. The van der Waals surface area contributed by atoms with Crippen LogP contribution < -0.4 is 0 Å². The zero-order valence-corrected chi connectivity index (χ0v) is 10.8. The molecule has 19 heavy (non-hydrogen) atoms. The number of rotatable bonds is 3. The van der Waals surface area contributed by atoms with Crippen LogP contribution in [-0.2, 0) is 9.53 Å². The second-order valence-electron chi connectivity index (χ2n) is 3.82. The molecule has 1 atom stereocenters. The van der Waals surface area contributed by atoms with E-state index < -0.39 is 18.0 Å². The van der Waals surface area contributed by atoms with Crippen molar-refractivity contribution in [3.05, 3.63) is 29.3 Å². The van der Waals surface area contributed by atoms with E-state index in [1.165, 1.54) is 37.1 Å². The standard InChI is InChI=1S/C12H11NO5S/c1-18-12(17)6-2-3-9(14)7(4-6)10-13-8(5-19-10)11(15)16/h2-4,8,14H,5H2,1H3,(H,15,16). The predicted molar refractivity (Wildman–Crippen MR) is 69.9 cm³/mol. The summed E-state index contributed by atoms with van der Waals surface area (Å²) in [5, 5.41) is 19.1. The summed E-state index contributed by atoms with van der Waals surface area (Å²) in [6, 6.07) is 3.41. The Hall–Kier alpha value is -2.02. The lowest BCUT2D eigenvalue weighted by Gasteiger charge is -2.06. The Labute approximate surface area is 113 Å². The summed E-state index contributed by atoms with van der Waals surface area (Å²) in [6.45, 7) is 0. The molecule has 0 saturated heterocycles. The van der Waals surface area contributed by atoms with Crippen molar-refractivity contribution in [3.8, 4) is 5.75 Å². The van der Waals surface area contributed by atoms with E-state index in [0.29, 0.717) is 16.4 Å². The van der Waals surface area contributed by atoms with Crippen molar-refractivity contribution in [1.82, 2.24) is 0 Å². The normalized spacial score (nSPS) is 17.9. The summed E-state index contributed by atoms with van der Waals surface area (Å²) in [7, 11) is 1.26. The molecule has 0 amide bonds. The minimum absolute atomic E-state index is 0.0510. The van der Waals surface area contributed by atoms with E-state index in [2.05, 4.69) is 9.73 Å². The van der Waals surface area contributed by atoms with E-state index in [9.17, 15) is 14.7 Å². The van der Waals surface area contributed by atoms with E-state index in [0.717, 1.165) is 0 Å². The maximum Gasteiger partial charge on any atom is 0.337 e. The number of thioether (sulfide) groups is 1. The molecule has 1 unspecified atom stereocenters. The van der Waals surface area contributed by atoms with Gasteiger partial charge in [0.1, 0.15) is 10.8 Å². The summed E-state index contributed by atoms with van der Waals surface area (Å²) in [5.74, 6) is -1.28. The first-order chi connectivity index (χ1) is 9.02. The Balaban J connectivity index is 2.37. The average molecular weight is 281 g/mol. The number of aliphatic carboxylic acids is 1. The number of carbonyl (C=O) groups excluding carboxylic acids is 1. The molecule has 2 rings (SSSR count). The lowest BCUT2D eigenvalue weighted by molar-refractivity contribution is -0.137. The van der Waals surface area contributed by atoms with E-state index in [1.54, 1.807) is 0 Å². The largest absolute Gasteiger partial charge is 0.507 e. The maximum atomic E-state index is 11.4. The molecule has 0 bridgehead atoms. The highest BCUT2D eigenvalue weighted by Crippen LogP contribution is 2.29. The zero-order valence-electron chi connectivity index (χ0n) is 9.99. The summed E-state index contributed by atoms with van der Waals surface area (Å²) < 4.78 is 4.59. The second-order valence-corrected chi connectivity index (χ2v) is 4.83. The number of esters is 1. The van der Waals surface area contributed by atoms with Crippen LogP contribution in [0.2, 0.25) is 0 Å². The molecule has 7 heteroatoms. The summed E-state index contributed by atoms with van der Waals surface area (Å²) in [5.41, 5.74) is 0.619. The fraction of sp³-hybridized carbons (Fsp3) is 0.250. The van der Waals surface area contributed by atoms with E-state index in [-0.39, 0.29) is 11.3 Å². The number of aliphatic imine (C=N–C) groups is 1. The van der Waals surface area contributed by atoms with Gasteiger partial charge >= 0.3 is 11.9 Å². The Morgan fingerprint density at radius 2 is 2.21 bits per heavy atom. The van der Waals surface area contributed by atoms with Gasteiger partial charge < -0.3 is 14.9 Å². The van der Waals surface area contributed by atoms with Crippen molar-refractivity contribution in [2.24, 2.45) is 4.99 Å². The highest BCUT2D eigenvalue weighted by atomic mass is 32.2. The number of nitrogens with zero attached hydrogens (tertiary/aromatic N) is 1. The van der Waals surface area contributed by atoms with Crippen LogP contribution in [0.1, 0.15) is 15.9 Å². The first kappa shape index (κ1) is 13.4. The van der Waals surface area contributed by atoms with Gasteiger partial charge in [0, 0.05) is 11.3 Å². The molecule has 1 aromatic carbocycles. The van der Waals surface area contributed by atoms with Crippen LogP contribution in [0.4, 0.5) is 0 Å². The molecule has 1 aromatic rings. The predicted octanol–water partition coefficient (Wildman–Crippen LogP) is 1.13. The van der Waals surface area contributed by atoms with Gasteiger partial charge in [-0.2, -0.15) is 0 Å². The van der Waals surface area contributed by atoms with E-state index >= 15 is 0 Å². The first-order valence-electron chi connectivity index (χ1n) is 5.38. The molecule has 1 aliphatic heterocycles. The fourth-order valence-electron chi connectivity index (χ4n) is 1.60. The quantitative estimate of drug-likeness (QED) is 0.806. The summed E-state index contributed by atoms with van der Waals surface area (Å²) in [6.07, 6.45) is 0. The topological polar surface area (TPSA) is 96.2 Å². The number of ether oxygens (including phenoxy) is 1. The third-order valence-corrected chi connectivity index (χ3v) is 3.67. The van der Waals surface area contributed by atoms with Crippen molar-refractivity contribution in [3.63, 3.8) is 0 Å². The van der Waals surface area contributed by atoms with Crippen LogP contribution in [0.25, 0.3) is 0 Å². The minimum atomic E-state index is -1.01. The molecular formula is C12H11NO5S. The number of aromatic hydroxyl groups is 1. The van der Waals surface area contributed by atoms with Crippen LogP contribution in [-0.4, -0.2) is 46.1 Å². The van der Waals surface area contributed by atoms with Crippen LogP contribution in [0, 0.1) is 0 Å². The smallest absolute Gasteiger partial charge is 0.337 e. The van der Waals surface area contributed by atoms with Crippen molar-refractivity contribution in [2.75, 3.05) is 12.9 Å². The SMILES string of the molecule is COC(=O)c1ccc(O)c(C2=NC(C(=O)O)CS2)c1. The molecule has 6 nitrogen and oxygen atoms in total. The molecule has 1 heterocycles. The van der Waals surface area contributed by atoms with Gasteiger partial charge in [-0.3, -0.25) is 4.99 Å². The van der Waals surface area contributed by atoms with Gasteiger partial charge in [-0.25, -0.2) is 9.59 Å². The molecular weight excluding hydrogens is 270 g/mol. The molecule has 1 aliphatic rings. The molecule has 0 spiro atoms. The van der Waals surface area contributed by atoms with Crippen molar-refractivity contribution in [2.45, 2.75) is 6.04 Å². The molecule has 0 fully saturated rings. The maximum absolute atomic E-state index is 11.4. The Bertz CT molecular complexity index is 569. The lowest BCUT2D eigenvalue weighted by atomic mass is 10.1. The highest BCUT2D eigenvalue weighted by Gasteiger charge is 2.26. The summed E-state index contributed by atoms with van der Waals surface area (Å²) >= 11 is 1.23. The minimum Gasteiger partial charge on any atom is -0.507 e. The average Bonchev–Trinajstić information content (AvgIpc) is 2.88. The zero-order chi connectivity index (χ0) is 14.0. The fourth-order valence-corrected chi connectivity index (χ4v) is 2.65. The van der Waals surface area contributed by atoms with E-state index in [1.807, 2.05) is 0 Å². The Kier molecular flexibility index (Phi) is 3.75. The monoisotopic (exact) mass is 281 g/mol. The van der Waals surface area contributed by atoms with Crippen molar-refractivity contribution >= 4 is 28.7 Å². The molecule has 0 radical (unpaired) electrons. The highest BCUT2D eigenvalue weighted by molar-refractivity contribution is 8.14. The number of phenols is 1. The molecule has 0 aromatic heterocycles. The van der Waals surface area contributed by atoms with Gasteiger partial charge in [-0.05, 0) is 18.2 Å². The number of carboxylic acid groups (broad SMARTS) is 1. The summed E-state index contributed by atoms with van der Waals surface area (Å²) in [4.78, 5) is 26.3. The number of benzene rings is 1. The number of phenolic OH excluding ortho intramolecular Hbond substituents is 1. The molecule has 2 N–H and O–H groups in total. The van der Waals surface area contributed by atoms with Crippen LogP contribution in [0.5, 0.6) is 5.75 Å². The number of carboxylic acids is 1. The van der Waals surface area contributed by atoms with Crippen molar-refractivity contribution in [1.29, 1.82) is 0 Å². The van der Waals surface area contributed by atoms with Crippen LogP contribution in [0.3, 0.4) is 0 Å². The van der Waals surface area contributed by atoms with Crippen LogP contribution >= 0.6 is 11.8 Å². The first-order valence-corrected chi connectivity index (χ1v) is 6.36. The van der Waals surface area contributed by atoms with Gasteiger partial charge in [0.15, 0.2) is 6.04 Å². The van der Waals surface area contributed by atoms with Crippen molar-refractivity contribution < 1.29 is 24.5 Å². The number of methoxy groups -OCH3 is 1. The van der Waals surface area contributed by atoms with Gasteiger partial charge in [-0.15, -0.1) is 11.8 Å². The molecule has 100 valence electrons. The van der Waals surface area contributed by atoms with Gasteiger partial charge in [0.05, 0.1) is 12.7 Å². The van der Waals surface area contributed by atoms with E-state index in [4.69, 9.17) is 5.11 Å². The third kappa shape index (κ3) is 2.70. The van der Waals surface area contributed by atoms with Gasteiger partial charge in [-0.1, -0.05) is 0 Å². The molecule has 0 saturated carbocycles. The van der Waals surface area contributed by atoms with Gasteiger partial charge in [0.25, 0.3) is 0 Å². The molecule has 0 aliphatic carbocycles. The van der Waals surface area contributed by atoms with Crippen LogP contribution in [0.15, 0.2) is 23.2 Å². The number of carbonyl (C=O) groups is 2. The number of hydrogen-bond donors (Lipinski definition) is 2. The second kappa shape index (κ2) is 5.31. The number of hydrogen-bond acceptors (Lipinski definition) is 6. The third-order valence-electron chi connectivity index (χ3n) is 2.58. The Morgan fingerprint density at radius 3 is 2.79 bits per heavy atom.